The van der Waals surface area contributed by atoms with Crippen molar-refractivity contribution in [2.45, 2.75) is 0 Å². The average molecular weight is 232 g/mol. The van der Waals surface area contributed by atoms with E-state index < -0.39 is 5.97 Å². The number of phenols is 1. The molecule has 1 rings (SSSR count). The van der Waals surface area contributed by atoms with Gasteiger partial charge in [0, 0.05) is 0 Å². The summed E-state index contributed by atoms with van der Waals surface area (Å²) in [6, 6.07) is 3.85. The van der Waals surface area contributed by atoms with E-state index in [1.165, 1.54) is 25.3 Å². The number of carboxylic acids is 1. The van der Waals surface area contributed by atoms with E-state index >= 15 is 0 Å². The van der Waals surface area contributed by atoms with Gasteiger partial charge in [-0.3, -0.25) is 0 Å². The number of aromatic carboxylic acids is 1. The first-order chi connectivity index (χ1) is 5.65. The van der Waals surface area contributed by atoms with Crippen molar-refractivity contribution in [3.05, 3.63) is 23.8 Å². The van der Waals surface area contributed by atoms with Gasteiger partial charge in [0.2, 0.25) is 0 Å². The summed E-state index contributed by atoms with van der Waals surface area (Å²) < 4.78 is 4.72. The molecule has 0 saturated heterocycles. The molecular formula is C8H8CuO4+2. The Hall–Kier alpha value is -1.19. The Morgan fingerprint density at radius 1 is 1.46 bits per heavy atom. The maximum Gasteiger partial charge on any atom is 2.00 e. The molecule has 0 aromatic heterocycles. The van der Waals surface area contributed by atoms with Crippen molar-refractivity contribution >= 4 is 5.97 Å². The van der Waals surface area contributed by atoms with Gasteiger partial charge in [0.25, 0.3) is 0 Å². The molecule has 1 aromatic rings. The minimum atomic E-state index is -1.05. The molecule has 0 unspecified atom stereocenters. The number of benzene rings is 1. The van der Waals surface area contributed by atoms with E-state index in [0.29, 0.717) is 0 Å². The minimum absolute atomic E-state index is 0. The SMILES string of the molecule is COc1cc(C(=O)O)ccc1O.[Cu+2]. The third-order valence-corrected chi connectivity index (χ3v) is 1.43. The van der Waals surface area contributed by atoms with Gasteiger partial charge in [-0.2, -0.15) is 0 Å². The van der Waals surface area contributed by atoms with Gasteiger partial charge in [-0.25, -0.2) is 4.79 Å². The summed E-state index contributed by atoms with van der Waals surface area (Å²) in [5, 5.41) is 17.7. The molecule has 5 heteroatoms. The Labute approximate surface area is 85.6 Å². The number of carbonyl (C=O) groups is 1. The Balaban J connectivity index is 0.00000144. The summed E-state index contributed by atoms with van der Waals surface area (Å²) in [6.07, 6.45) is 0. The van der Waals surface area contributed by atoms with Crippen LogP contribution in [0.5, 0.6) is 11.5 Å². The van der Waals surface area contributed by atoms with Crippen molar-refractivity contribution in [3.8, 4) is 11.5 Å². The number of carboxylic acid groups (broad SMARTS) is 1. The summed E-state index contributed by atoms with van der Waals surface area (Å²) >= 11 is 0. The molecule has 0 aliphatic carbocycles. The second-order valence-corrected chi connectivity index (χ2v) is 2.19. The topological polar surface area (TPSA) is 66.8 Å². The van der Waals surface area contributed by atoms with Crippen LogP contribution in [0.25, 0.3) is 0 Å². The monoisotopic (exact) mass is 231 g/mol. The van der Waals surface area contributed by atoms with Gasteiger partial charge in [-0.15, -0.1) is 0 Å². The van der Waals surface area contributed by atoms with Crippen LogP contribution in [0.1, 0.15) is 10.4 Å². The van der Waals surface area contributed by atoms with E-state index in [-0.39, 0.29) is 34.1 Å². The normalized spacial score (nSPS) is 8.69. The van der Waals surface area contributed by atoms with Crippen molar-refractivity contribution in [2.75, 3.05) is 7.11 Å². The number of phenolic OH excluding ortho intramolecular Hbond substituents is 1. The van der Waals surface area contributed by atoms with Crippen LogP contribution in [0, 0.1) is 0 Å². The van der Waals surface area contributed by atoms with Gasteiger partial charge in [0.1, 0.15) is 0 Å². The Kier molecular flexibility index (Phi) is 4.31. The average Bonchev–Trinajstić information content (AvgIpc) is 2.05. The first kappa shape index (κ1) is 11.8. The molecule has 13 heavy (non-hydrogen) atoms. The van der Waals surface area contributed by atoms with Crippen molar-refractivity contribution in [2.24, 2.45) is 0 Å². The van der Waals surface area contributed by atoms with Crippen LogP contribution in [0.15, 0.2) is 18.2 Å². The third-order valence-electron chi connectivity index (χ3n) is 1.43. The summed E-state index contributed by atoms with van der Waals surface area (Å²) in [6.45, 7) is 0. The van der Waals surface area contributed by atoms with E-state index in [0.717, 1.165) is 0 Å². The summed E-state index contributed by atoms with van der Waals surface area (Å²) in [5.41, 5.74) is 0.0876. The summed E-state index contributed by atoms with van der Waals surface area (Å²) in [4.78, 5) is 10.4. The van der Waals surface area contributed by atoms with Crippen molar-refractivity contribution in [3.63, 3.8) is 0 Å². The standard InChI is InChI=1S/C8H8O4.Cu/c1-12-7-4-5(8(10)11)2-3-6(7)9;/h2-4,9H,1H3,(H,10,11);/q;+2. The molecule has 0 aliphatic rings. The zero-order chi connectivity index (χ0) is 9.14. The molecule has 0 bridgehead atoms. The van der Waals surface area contributed by atoms with E-state index in [1.54, 1.807) is 0 Å². The summed E-state index contributed by atoms with van der Waals surface area (Å²) in [7, 11) is 1.36. The molecule has 0 aliphatic heterocycles. The second-order valence-electron chi connectivity index (χ2n) is 2.19. The molecule has 0 saturated carbocycles. The zero-order valence-corrected chi connectivity index (χ0v) is 7.69. The number of methoxy groups -OCH3 is 1. The van der Waals surface area contributed by atoms with Crippen molar-refractivity contribution in [1.29, 1.82) is 0 Å². The third kappa shape index (κ3) is 2.64. The number of aromatic hydroxyl groups is 1. The first-order valence-corrected chi connectivity index (χ1v) is 3.25. The van der Waals surface area contributed by atoms with Crippen LogP contribution >= 0.6 is 0 Å². The fourth-order valence-electron chi connectivity index (χ4n) is 0.811. The van der Waals surface area contributed by atoms with Crippen LogP contribution in [0.2, 0.25) is 0 Å². The molecular weight excluding hydrogens is 224 g/mol. The van der Waals surface area contributed by atoms with Crippen molar-refractivity contribution < 1.29 is 36.8 Å². The Morgan fingerprint density at radius 3 is 2.54 bits per heavy atom. The quantitative estimate of drug-likeness (QED) is 0.748. The van der Waals surface area contributed by atoms with E-state index in [4.69, 9.17) is 14.9 Å². The van der Waals surface area contributed by atoms with E-state index in [1.807, 2.05) is 0 Å². The molecule has 4 nitrogen and oxygen atoms in total. The minimum Gasteiger partial charge on any atom is -0.504 e. The molecule has 0 atom stereocenters. The van der Waals surface area contributed by atoms with Gasteiger partial charge in [-0.1, -0.05) is 0 Å². The maximum atomic E-state index is 10.4. The predicted octanol–water partition coefficient (Wildman–Crippen LogP) is 1.10. The molecule has 1 aromatic carbocycles. The van der Waals surface area contributed by atoms with Crippen LogP contribution in [0.4, 0.5) is 0 Å². The second kappa shape index (κ2) is 4.74. The molecule has 73 valence electrons. The first-order valence-electron chi connectivity index (χ1n) is 3.25. The molecule has 0 heterocycles. The summed E-state index contributed by atoms with van der Waals surface area (Å²) in [5.74, 6) is -0.953. The zero-order valence-electron chi connectivity index (χ0n) is 6.74. The smallest absolute Gasteiger partial charge is 0.504 e. The number of rotatable bonds is 2. The number of hydrogen-bond acceptors (Lipinski definition) is 3. The van der Waals surface area contributed by atoms with Gasteiger partial charge >= 0.3 is 23.0 Å². The Morgan fingerprint density at radius 2 is 2.08 bits per heavy atom. The molecule has 1 radical (unpaired) electrons. The largest absolute Gasteiger partial charge is 2.00 e. The van der Waals surface area contributed by atoms with Gasteiger partial charge in [-0.05, 0) is 18.2 Å². The van der Waals surface area contributed by atoms with Gasteiger partial charge in [0.15, 0.2) is 11.5 Å². The molecule has 2 N–H and O–H groups in total. The van der Waals surface area contributed by atoms with Crippen LogP contribution in [-0.2, 0) is 17.1 Å². The number of hydrogen-bond donors (Lipinski definition) is 2. The fourth-order valence-corrected chi connectivity index (χ4v) is 0.811. The van der Waals surface area contributed by atoms with Crippen molar-refractivity contribution in [1.82, 2.24) is 0 Å². The maximum absolute atomic E-state index is 10.4. The van der Waals surface area contributed by atoms with Crippen LogP contribution in [-0.4, -0.2) is 23.3 Å². The predicted molar refractivity (Wildman–Crippen MR) is 41.6 cm³/mol. The van der Waals surface area contributed by atoms with Gasteiger partial charge < -0.3 is 14.9 Å². The van der Waals surface area contributed by atoms with Crippen LogP contribution in [0.3, 0.4) is 0 Å². The van der Waals surface area contributed by atoms with Crippen LogP contribution < -0.4 is 4.74 Å². The fraction of sp³-hybridized carbons (Fsp3) is 0.125. The van der Waals surface area contributed by atoms with E-state index in [2.05, 4.69) is 0 Å². The van der Waals surface area contributed by atoms with E-state index in [9.17, 15) is 4.79 Å². The molecule has 0 spiro atoms. The molecule has 0 fully saturated rings. The number of ether oxygens (including phenoxy) is 1. The molecule has 0 amide bonds. The van der Waals surface area contributed by atoms with Gasteiger partial charge in [0.05, 0.1) is 12.7 Å². The Bertz CT molecular complexity index is 311.